The van der Waals surface area contributed by atoms with E-state index in [0.29, 0.717) is 12.5 Å². The van der Waals surface area contributed by atoms with Crippen molar-refractivity contribution in [3.8, 4) is 0 Å². The largest absolute Gasteiger partial charge is 0.347 e. The van der Waals surface area contributed by atoms with Crippen LogP contribution in [0.2, 0.25) is 0 Å². The SMILES string of the molecule is CCCC1CCC2(CC1)OCC(CCl)O2. The summed E-state index contributed by atoms with van der Waals surface area (Å²) in [6.07, 6.45) is 7.40. The van der Waals surface area contributed by atoms with E-state index in [2.05, 4.69) is 6.92 Å². The van der Waals surface area contributed by atoms with Crippen LogP contribution in [0.15, 0.2) is 0 Å². The fourth-order valence-electron chi connectivity index (χ4n) is 2.77. The first-order chi connectivity index (χ1) is 7.28. The van der Waals surface area contributed by atoms with E-state index in [-0.39, 0.29) is 11.9 Å². The van der Waals surface area contributed by atoms with Crippen molar-refractivity contribution in [1.29, 1.82) is 0 Å². The molecule has 2 aliphatic rings. The molecule has 3 heteroatoms. The van der Waals surface area contributed by atoms with Gasteiger partial charge in [0.1, 0.15) is 0 Å². The van der Waals surface area contributed by atoms with E-state index in [1.807, 2.05) is 0 Å². The molecule has 1 atom stereocenters. The summed E-state index contributed by atoms with van der Waals surface area (Å²) < 4.78 is 11.7. The number of hydrogen-bond acceptors (Lipinski definition) is 2. The molecule has 0 amide bonds. The second-order valence-corrected chi connectivity index (χ2v) is 5.16. The lowest BCUT2D eigenvalue weighted by Gasteiger charge is -2.35. The van der Waals surface area contributed by atoms with Crippen LogP contribution in [-0.2, 0) is 9.47 Å². The molecular weight excluding hydrogens is 212 g/mol. The minimum absolute atomic E-state index is 0.120. The van der Waals surface area contributed by atoms with E-state index >= 15 is 0 Å². The fourth-order valence-corrected chi connectivity index (χ4v) is 2.92. The highest BCUT2D eigenvalue weighted by Gasteiger charge is 2.43. The second-order valence-electron chi connectivity index (χ2n) is 4.85. The molecule has 0 N–H and O–H groups in total. The van der Waals surface area contributed by atoms with Crippen molar-refractivity contribution >= 4 is 11.6 Å². The van der Waals surface area contributed by atoms with Gasteiger partial charge in [0, 0.05) is 12.8 Å². The van der Waals surface area contributed by atoms with Crippen LogP contribution >= 0.6 is 11.6 Å². The minimum Gasteiger partial charge on any atom is -0.347 e. The van der Waals surface area contributed by atoms with E-state index in [4.69, 9.17) is 21.1 Å². The van der Waals surface area contributed by atoms with Crippen molar-refractivity contribution in [1.82, 2.24) is 0 Å². The van der Waals surface area contributed by atoms with Gasteiger partial charge in [0.15, 0.2) is 5.79 Å². The molecule has 1 saturated heterocycles. The molecule has 1 aliphatic carbocycles. The summed E-state index contributed by atoms with van der Waals surface area (Å²) in [7, 11) is 0. The van der Waals surface area contributed by atoms with Crippen LogP contribution in [-0.4, -0.2) is 24.4 Å². The lowest BCUT2D eigenvalue weighted by Crippen LogP contribution is -2.36. The number of ether oxygens (including phenoxy) is 2. The molecule has 2 fully saturated rings. The minimum atomic E-state index is -0.260. The van der Waals surface area contributed by atoms with Crippen LogP contribution in [0.25, 0.3) is 0 Å². The third-order valence-corrected chi connectivity index (χ3v) is 3.99. The Balaban J connectivity index is 1.82. The summed E-state index contributed by atoms with van der Waals surface area (Å²) in [5, 5.41) is 0. The topological polar surface area (TPSA) is 18.5 Å². The molecule has 0 aromatic heterocycles. The summed E-state index contributed by atoms with van der Waals surface area (Å²) in [6, 6.07) is 0. The zero-order valence-corrected chi connectivity index (χ0v) is 10.3. The molecule has 0 aromatic rings. The molecule has 0 bridgehead atoms. The van der Waals surface area contributed by atoms with Gasteiger partial charge in [0.25, 0.3) is 0 Å². The van der Waals surface area contributed by atoms with Gasteiger partial charge in [0.2, 0.25) is 0 Å². The highest BCUT2D eigenvalue weighted by Crippen LogP contribution is 2.41. The quantitative estimate of drug-likeness (QED) is 0.695. The Morgan fingerprint density at radius 1 is 1.33 bits per heavy atom. The third-order valence-electron chi connectivity index (χ3n) is 3.65. The van der Waals surface area contributed by atoms with Crippen molar-refractivity contribution in [2.45, 2.75) is 57.3 Å². The summed E-state index contributed by atoms with van der Waals surface area (Å²) in [5.74, 6) is 1.19. The third kappa shape index (κ3) is 2.66. The smallest absolute Gasteiger partial charge is 0.168 e. The fraction of sp³-hybridized carbons (Fsp3) is 1.00. The summed E-state index contributed by atoms with van der Waals surface area (Å²) in [5.41, 5.74) is 0. The predicted molar refractivity (Wildman–Crippen MR) is 61.1 cm³/mol. The van der Waals surface area contributed by atoms with Gasteiger partial charge >= 0.3 is 0 Å². The van der Waals surface area contributed by atoms with Crippen molar-refractivity contribution < 1.29 is 9.47 Å². The molecule has 0 aromatic carbocycles. The summed E-state index contributed by atoms with van der Waals surface area (Å²) >= 11 is 5.78. The van der Waals surface area contributed by atoms with Crippen LogP contribution in [0.1, 0.15) is 45.4 Å². The second kappa shape index (κ2) is 5.03. The monoisotopic (exact) mass is 232 g/mol. The van der Waals surface area contributed by atoms with E-state index in [1.165, 1.54) is 25.7 Å². The van der Waals surface area contributed by atoms with Crippen LogP contribution < -0.4 is 0 Å². The highest BCUT2D eigenvalue weighted by atomic mass is 35.5. The van der Waals surface area contributed by atoms with Crippen molar-refractivity contribution in [3.05, 3.63) is 0 Å². The van der Waals surface area contributed by atoms with Crippen molar-refractivity contribution in [3.63, 3.8) is 0 Å². The molecule has 88 valence electrons. The average Bonchev–Trinajstić information content (AvgIpc) is 2.66. The number of rotatable bonds is 3. The first-order valence-corrected chi connectivity index (χ1v) is 6.69. The van der Waals surface area contributed by atoms with E-state index in [9.17, 15) is 0 Å². The predicted octanol–water partition coefficient (Wildman–Crippen LogP) is 3.33. The number of alkyl halides is 1. The lowest BCUT2D eigenvalue weighted by molar-refractivity contribution is -0.190. The zero-order valence-electron chi connectivity index (χ0n) is 9.51. The molecule has 0 radical (unpaired) electrons. The van der Waals surface area contributed by atoms with E-state index in [0.717, 1.165) is 18.8 Å². The van der Waals surface area contributed by atoms with Crippen LogP contribution in [0.3, 0.4) is 0 Å². The number of halogens is 1. The normalized spacial score (nSPS) is 41.2. The lowest BCUT2D eigenvalue weighted by atomic mass is 9.83. The van der Waals surface area contributed by atoms with Gasteiger partial charge in [-0.05, 0) is 18.8 Å². The first kappa shape index (κ1) is 11.7. The Hall–Kier alpha value is 0.210. The Bertz CT molecular complexity index is 200. The maximum atomic E-state index is 5.91. The standard InChI is InChI=1S/C12H21ClO2/c1-2-3-10-4-6-12(7-5-10)14-9-11(8-13)15-12/h10-11H,2-9H2,1H3. The van der Waals surface area contributed by atoms with Crippen LogP contribution in [0, 0.1) is 5.92 Å². The summed E-state index contributed by atoms with van der Waals surface area (Å²) in [4.78, 5) is 0. The van der Waals surface area contributed by atoms with Crippen molar-refractivity contribution in [2.24, 2.45) is 5.92 Å². The molecule has 2 rings (SSSR count). The highest BCUT2D eigenvalue weighted by molar-refractivity contribution is 6.18. The van der Waals surface area contributed by atoms with Gasteiger partial charge in [0.05, 0.1) is 18.6 Å². The Morgan fingerprint density at radius 3 is 2.60 bits per heavy atom. The Morgan fingerprint density at radius 2 is 2.07 bits per heavy atom. The summed E-state index contributed by atoms with van der Waals surface area (Å²) in [6.45, 7) is 2.94. The van der Waals surface area contributed by atoms with Gasteiger partial charge in [-0.3, -0.25) is 0 Å². The van der Waals surface area contributed by atoms with Gasteiger partial charge in [-0.25, -0.2) is 0 Å². The first-order valence-electron chi connectivity index (χ1n) is 6.16. The van der Waals surface area contributed by atoms with Crippen LogP contribution in [0.5, 0.6) is 0 Å². The number of hydrogen-bond donors (Lipinski definition) is 0. The van der Waals surface area contributed by atoms with Gasteiger partial charge in [-0.1, -0.05) is 19.8 Å². The Labute approximate surface area is 97.3 Å². The molecule has 1 unspecified atom stereocenters. The van der Waals surface area contributed by atoms with E-state index in [1.54, 1.807) is 0 Å². The molecule has 2 nitrogen and oxygen atoms in total. The maximum Gasteiger partial charge on any atom is 0.168 e. The molecule has 1 spiro atoms. The molecule has 1 saturated carbocycles. The molecule has 15 heavy (non-hydrogen) atoms. The van der Waals surface area contributed by atoms with Crippen LogP contribution in [0.4, 0.5) is 0 Å². The molecular formula is C12H21ClO2. The zero-order chi connectivity index (χ0) is 10.7. The molecule has 1 aliphatic heterocycles. The average molecular weight is 233 g/mol. The van der Waals surface area contributed by atoms with E-state index < -0.39 is 0 Å². The Kier molecular flexibility index (Phi) is 3.92. The van der Waals surface area contributed by atoms with Gasteiger partial charge in [-0.15, -0.1) is 11.6 Å². The maximum absolute atomic E-state index is 5.91. The van der Waals surface area contributed by atoms with Gasteiger partial charge in [-0.2, -0.15) is 0 Å². The van der Waals surface area contributed by atoms with Crippen molar-refractivity contribution in [2.75, 3.05) is 12.5 Å². The van der Waals surface area contributed by atoms with Gasteiger partial charge < -0.3 is 9.47 Å². The molecule has 1 heterocycles.